The van der Waals surface area contributed by atoms with Gasteiger partial charge in [-0.3, -0.25) is 4.79 Å². The normalized spacial score (nSPS) is 11.2. The first kappa shape index (κ1) is 22.2. The average molecular weight is 324 g/mol. The van der Waals surface area contributed by atoms with Crippen LogP contribution in [0.2, 0.25) is 0 Å². The second kappa shape index (κ2) is 19.3. The fraction of sp³-hybridized carbons (Fsp3) is 0.857. The van der Waals surface area contributed by atoms with Crippen molar-refractivity contribution in [3.8, 4) is 0 Å². The van der Waals surface area contributed by atoms with E-state index in [1.165, 1.54) is 77.0 Å². The summed E-state index contributed by atoms with van der Waals surface area (Å²) < 4.78 is 0. The van der Waals surface area contributed by atoms with Crippen LogP contribution in [0, 0.1) is 0 Å². The molecule has 0 aliphatic rings. The number of carbonyl (C=O) groups excluding carboxylic acids is 1. The molecule has 136 valence electrons. The molecule has 0 aromatic heterocycles. The Morgan fingerprint density at radius 2 is 1.22 bits per heavy atom. The van der Waals surface area contributed by atoms with Gasteiger partial charge in [0.05, 0.1) is 0 Å². The van der Waals surface area contributed by atoms with Crippen molar-refractivity contribution in [2.75, 3.05) is 6.54 Å². The summed E-state index contributed by atoms with van der Waals surface area (Å²) in [4.78, 5) is 11.4. The van der Waals surface area contributed by atoms with Gasteiger partial charge in [-0.2, -0.15) is 0 Å². The summed E-state index contributed by atoms with van der Waals surface area (Å²) in [5.41, 5.74) is 0. The Kier molecular flexibility index (Phi) is 18.6. The van der Waals surface area contributed by atoms with Gasteiger partial charge in [-0.15, -0.1) is 0 Å². The Bertz CT molecular complexity index is 273. The molecule has 0 atom stereocenters. The maximum atomic E-state index is 11.4. The zero-order valence-electron chi connectivity index (χ0n) is 15.9. The molecule has 1 N–H and O–H groups in total. The van der Waals surface area contributed by atoms with Gasteiger partial charge in [0.15, 0.2) is 0 Å². The monoisotopic (exact) mass is 323 g/mol. The van der Waals surface area contributed by atoms with Crippen molar-refractivity contribution in [3.05, 3.63) is 12.2 Å². The summed E-state index contributed by atoms with van der Waals surface area (Å²) in [5.74, 6) is 0.226. The molecule has 0 unspecified atom stereocenters. The highest BCUT2D eigenvalue weighted by Crippen LogP contribution is 2.09. The second-order valence-electron chi connectivity index (χ2n) is 6.68. The molecule has 0 rings (SSSR count). The lowest BCUT2D eigenvalue weighted by atomic mass is 10.1. The first-order valence-corrected chi connectivity index (χ1v) is 10.2. The Morgan fingerprint density at radius 3 is 1.78 bits per heavy atom. The first-order chi connectivity index (χ1) is 11.3. The SMILES string of the molecule is CCCCCCCCC=CCCCCCCCC(=O)NCCC. The minimum atomic E-state index is 0.226. The van der Waals surface area contributed by atoms with Crippen LogP contribution in [0.5, 0.6) is 0 Å². The molecule has 0 radical (unpaired) electrons. The van der Waals surface area contributed by atoms with E-state index in [0.29, 0.717) is 6.42 Å². The number of rotatable bonds is 17. The molecular weight excluding hydrogens is 282 g/mol. The van der Waals surface area contributed by atoms with Gasteiger partial charge in [0, 0.05) is 13.0 Å². The largest absolute Gasteiger partial charge is 0.356 e. The Hall–Kier alpha value is -0.790. The maximum Gasteiger partial charge on any atom is 0.219 e. The van der Waals surface area contributed by atoms with E-state index < -0.39 is 0 Å². The van der Waals surface area contributed by atoms with Gasteiger partial charge in [0.2, 0.25) is 5.91 Å². The standard InChI is InChI=1S/C21H41NO/c1-3-5-6-7-8-9-10-11-12-13-14-15-16-17-18-19-21(23)22-20-4-2/h11-12H,3-10,13-20H2,1-2H3,(H,22,23). The van der Waals surface area contributed by atoms with E-state index in [-0.39, 0.29) is 5.91 Å². The number of nitrogens with one attached hydrogen (secondary N) is 1. The van der Waals surface area contributed by atoms with Crippen molar-refractivity contribution in [1.29, 1.82) is 0 Å². The lowest BCUT2D eigenvalue weighted by Crippen LogP contribution is -2.23. The zero-order chi connectivity index (χ0) is 17.0. The van der Waals surface area contributed by atoms with Crippen LogP contribution < -0.4 is 5.32 Å². The first-order valence-electron chi connectivity index (χ1n) is 10.2. The topological polar surface area (TPSA) is 29.1 Å². The minimum Gasteiger partial charge on any atom is -0.356 e. The van der Waals surface area contributed by atoms with E-state index in [1.54, 1.807) is 0 Å². The van der Waals surface area contributed by atoms with Crippen molar-refractivity contribution in [2.24, 2.45) is 0 Å². The molecular formula is C21H41NO. The number of allylic oxidation sites excluding steroid dienone is 2. The average Bonchev–Trinajstić information content (AvgIpc) is 2.56. The molecule has 0 saturated heterocycles. The van der Waals surface area contributed by atoms with Gasteiger partial charge in [0.25, 0.3) is 0 Å². The molecule has 23 heavy (non-hydrogen) atoms. The molecule has 0 heterocycles. The Labute approximate surface area is 145 Å². The minimum absolute atomic E-state index is 0.226. The summed E-state index contributed by atoms with van der Waals surface area (Å²) in [6.07, 6.45) is 23.4. The summed E-state index contributed by atoms with van der Waals surface area (Å²) in [5, 5.41) is 2.93. The van der Waals surface area contributed by atoms with Gasteiger partial charge in [-0.05, 0) is 38.5 Å². The molecule has 0 aromatic carbocycles. The second-order valence-corrected chi connectivity index (χ2v) is 6.68. The van der Waals surface area contributed by atoms with E-state index in [2.05, 4.69) is 31.3 Å². The molecule has 0 aromatic rings. The molecule has 0 saturated carbocycles. The molecule has 0 bridgehead atoms. The molecule has 0 spiro atoms. The van der Waals surface area contributed by atoms with E-state index in [9.17, 15) is 4.79 Å². The molecule has 1 amide bonds. The van der Waals surface area contributed by atoms with Crippen LogP contribution >= 0.6 is 0 Å². The zero-order valence-corrected chi connectivity index (χ0v) is 15.9. The lowest BCUT2D eigenvalue weighted by molar-refractivity contribution is -0.121. The third kappa shape index (κ3) is 19.2. The smallest absolute Gasteiger partial charge is 0.219 e. The van der Waals surface area contributed by atoms with Crippen molar-refractivity contribution in [2.45, 2.75) is 110 Å². The van der Waals surface area contributed by atoms with Crippen LogP contribution in [0.3, 0.4) is 0 Å². The maximum absolute atomic E-state index is 11.4. The van der Waals surface area contributed by atoms with Crippen LogP contribution in [0.15, 0.2) is 12.2 Å². The van der Waals surface area contributed by atoms with Crippen molar-refractivity contribution in [1.82, 2.24) is 5.32 Å². The van der Waals surface area contributed by atoms with Crippen LogP contribution in [-0.4, -0.2) is 12.5 Å². The molecule has 0 fully saturated rings. The summed E-state index contributed by atoms with van der Waals surface area (Å²) in [6.45, 7) is 5.18. The van der Waals surface area contributed by atoms with Crippen LogP contribution in [0.4, 0.5) is 0 Å². The van der Waals surface area contributed by atoms with Crippen molar-refractivity contribution < 1.29 is 4.79 Å². The lowest BCUT2D eigenvalue weighted by Gasteiger charge is -2.03. The van der Waals surface area contributed by atoms with E-state index in [0.717, 1.165) is 19.4 Å². The fourth-order valence-electron chi connectivity index (χ4n) is 2.71. The molecule has 2 heteroatoms. The van der Waals surface area contributed by atoms with E-state index in [1.807, 2.05) is 0 Å². The van der Waals surface area contributed by atoms with Crippen LogP contribution in [-0.2, 0) is 4.79 Å². The van der Waals surface area contributed by atoms with Gasteiger partial charge in [-0.25, -0.2) is 0 Å². The van der Waals surface area contributed by atoms with Crippen LogP contribution in [0.1, 0.15) is 110 Å². The van der Waals surface area contributed by atoms with E-state index in [4.69, 9.17) is 0 Å². The summed E-state index contributed by atoms with van der Waals surface area (Å²) in [6, 6.07) is 0. The highest BCUT2D eigenvalue weighted by Gasteiger charge is 1.99. The van der Waals surface area contributed by atoms with Crippen LogP contribution in [0.25, 0.3) is 0 Å². The Morgan fingerprint density at radius 1 is 0.696 bits per heavy atom. The highest BCUT2D eigenvalue weighted by atomic mass is 16.1. The van der Waals surface area contributed by atoms with Crippen molar-refractivity contribution >= 4 is 5.91 Å². The number of hydrogen-bond donors (Lipinski definition) is 1. The third-order valence-electron chi connectivity index (χ3n) is 4.24. The molecule has 2 nitrogen and oxygen atoms in total. The highest BCUT2D eigenvalue weighted by molar-refractivity contribution is 5.75. The molecule has 0 aliphatic carbocycles. The quantitative estimate of drug-likeness (QED) is 0.239. The predicted octanol–water partition coefficient (Wildman–Crippen LogP) is 6.55. The summed E-state index contributed by atoms with van der Waals surface area (Å²) >= 11 is 0. The van der Waals surface area contributed by atoms with Gasteiger partial charge in [-0.1, -0.05) is 77.4 Å². The third-order valence-corrected chi connectivity index (χ3v) is 4.24. The molecule has 0 aliphatic heterocycles. The van der Waals surface area contributed by atoms with Gasteiger partial charge in [0.1, 0.15) is 0 Å². The Balaban J connectivity index is 3.14. The summed E-state index contributed by atoms with van der Waals surface area (Å²) in [7, 11) is 0. The predicted molar refractivity (Wildman–Crippen MR) is 103 cm³/mol. The number of carbonyl (C=O) groups is 1. The van der Waals surface area contributed by atoms with Gasteiger partial charge < -0.3 is 5.32 Å². The van der Waals surface area contributed by atoms with E-state index >= 15 is 0 Å². The fourth-order valence-corrected chi connectivity index (χ4v) is 2.71. The number of unbranched alkanes of at least 4 members (excludes halogenated alkanes) is 11. The number of hydrogen-bond acceptors (Lipinski definition) is 1. The van der Waals surface area contributed by atoms with Crippen molar-refractivity contribution in [3.63, 3.8) is 0 Å². The number of amides is 1. The van der Waals surface area contributed by atoms with Gasteiger partial charge >= 0.3 is 0 Å².